The number of halogens is 3. The zero-order valence-corrected chi connectivity index (χ0v) is 31.4. The summed E-state index contributed by atoms with van der Waals surface area (Å²) in [6.45, 7) is 4.79. The van der Waals surface area contributed by atoms with E-state index in [-0.39, 0.29) is 54.8 Å². The van der Waals surface area contributed by atoms with Crippen molar-refractivity contribution >= 4 is 34.3 Å². The molecule has 0 spiro atoms. The number of ether oxygens (including phenoxy) is 2. The van der Waals surface area contributed by atoms with Crippen molar-refractivity contribution in [3.05, 3.63) is 82.5 Å². The quantitative estimate of drug-likeness (QED) is 0.199. The van der Waals surface area contributed by atoms with Gasteiger partial charge >= 0.3 is 6.03 Å². The fourth-order valence-corrected chi connectivity index (χ4v) is 7.88. The number of piperidine rings is 2. The van der Waals surface area contributed by atoms with E-state index in [0.717, 1.165) is 25.0 Å². The number of imide groups is 1. The maximum absolute atomic E-state index is 15.6. The van der Waals surface area contributed by atoms with E-state index in [4.69, 9.17) is 9.47 Å². The Morgan fingerprint density at radius 1 is 0.982 bits per heavy atom. The minimum atomic E-state index is -1.48. The van der Waals surface area contributed by atoms with Gasteiger partial charge in [-0.05, 0) is 78.9 Å². The number of methoxy groups -OCH3 is 1. The Labute approximate surface area is 322 Å². The Balaban J connectivity index is 0.945. The van der Waals surface area contributed by atoms with E-state index in [0.29, 0.717) is 78.9 Å². The van der Waals surface area contributed by atoms with Crippen LogP contribution in [0.3, 0.4) is 0 Å². The molecule has 3 aliphatic heterocycles. The second kappa shape index (κ2) is 16.7. The number of hydrogen-bond donors (Lipinski definition) is 1. The number of nitrogens with zero attached hydrogens (tertiary/aromatic N) is 5. The van der Waals surface area contributed by atoms with Gasteiger partial charge in [0.15, 0.2) is 17.4 Å². The van der Waals surface area contributed by atoms with Gasteiger partial charge in [0, 0.05) is 82.0 Å². The molecular formula is C41H45F3N6O6. The minimum absolute atomic E-state index is 0.0504. The number of urea groups is 1. The van der Waals surface area contributed by atoms with Gasteiger partial charge in [0.2, 0.25) is 5.91 Å². The lowest BCUT2D eigenvalue weighted by Gasteiger charge is -2.39. The third-order valence-corrected chi connectivity index (χ3v) is 11.0. The molecule has 12 nitrogen and oxygen atoms in total. The van der Waals surface area contributed by atoms with Crippen molar-refractivity contribution in [2.45, 2.75) is 64.3 Å². The average molecular weight is 775 g/mol. The van der Waals surface area contributed by atoms with Gasteiger partial charge in [0.05, 0.1) is 18.2 Å². The Morgan fingerprint density at radius 3 is 2.45 bits per heavy atom. The van der Waals surface area contributed by atoms with Crippen LogP contribution < -0.4 is 25.2 Å². The van der Waals surface area contributed by atoms with E-state index in [2.05, 4.69) is 10.3 Å². The van der Waals surface area contributed by atoms with Crippen molar-refractivity contribution in [2.24, 2.45) is 5.92 Å². The Morgan fingerprint density at radius 2 is 1.75 bits per heavy atom. The number of nitrogens with one attached hydrogen (secondary N) is 1. The van der Waals surface area contributed by atoms with Gasteiger partial charge in [-0.1, -0.05) is 13.3 Å². The maximum atomic E-state index is 15.6. The number of hydrogen-bond acceptors (Lipinski definition) is 8. The fraction of sp³-hybridized carbons (Fsp3) is 0.439. The first-order valence-electron chi connectivity index (χ1n) is 19.1. The predicted molar refractivity (Wildman–Crippen MR) is 204 cm³/mol. The SMILES string of the molecule is CCCCn1cc(-c2cc(F)c(OC3CCN(CC4CCN(C(=O)c5ccc(OC)c(N6CCC(=O)NC6=O)c5)CC4)CC3F)c(F)c2)c2ccncc2c1=O. The monoisotopic (exact) mass is 774 g/mol. The molecule has 2 aromatic carbocycles. The summed E-state index contributed by atoms with van der Waals surface area (Å²) < 4.78 is 59.4. The molecule has 0 aliphatic carbocycles. The van der Waals surface area contributed by atoms with Crippen LogP contribution in [-0.4, -0.2) is 95.9 Å². The van der Waals surface area contributed by atoms with Crippen molar-refractivity contribution in [1.82, 2.24) is 24.7 Å². The van der Waals surface area contributed by atoms with Gasteiger partial charge in [-0.3, -0.25) is 34.5 Å². The van der Waals surface area contributed by atoms with Crippen molar-refractivity contribution in [3.63, 3.8) is 0 Å². The van der Waals surface area contributed by atoms with Gasteiger partial charge < -0.3 is 18.9 Å². The molecule has 15 heteroatoms. The molecule has 56 heavy (non-hydrogen) atoms. The van der Waals surface area contributed by atoms with Crippen molar-refractivity contribution in [3.8, 4) is 22.6 Å². The molecule has 4 amide bonds. The second-order valence-electron chi connectivity index (χ2n) is 14.7. The van der Waals surface area contributed by atoms with E-state index in [1.165, 1.54) is 29.0 Å². The van der Waals surface area contributed by atoms with Crippen LogP contribution in [-0.2, 0) is 11.3 Å². The minimum Gasteiger partial charge on any atom is -0.495 e. The van der Waals surface area contributed by atoms with E-state index in [1.807, 2.05) is 11.8 Å². The van der Waals surface area contributed by atoms with Crippen molar-refractivity contribution in [2.75, 3.05) is 51.3 Å². The van der Waals surface area contributed by atoms with Crippen LogP contribution in [0.15, 0.2) is 59.8 Å². The molecule has 3 aliphatic rings. The summed E-state index contributed by atoms with van der Waals surface area (Å²) in [5.41, 5.74) is 1.29. The number of aryl methyl sites for hydroxylation is 1. The number of carbonyl (C=O) groups excluding carboxylic acids is 3. The molecule has 1 N–H and O–H groups in total. The molecule has 0 radical (unpaired) electrons. The molecule has 0 bridgehead atoms. The van der Waals surface area contributed by atoms with Crippen LogP contribution in [0.2, 0.25) is 0 Å². The lowest BCUT2D eigenvalue weighted by Crippen LogP contribution is -2.50. The molecule has 0 saturated carbocycles. The third kappa shape index (κ3) is 8.08. The van der Waals surface area contributed by atoms with E-state index in [9.17, 15) is 19.2 Å². The molecule has 2 unspecified atom stereocenters. The molecule has 3 fully saturated rings. The summed E-state index contributed by atoms with van der Waals surface area (Å²) in [5, 5.41) is 3.16. The predicted octanol–water partition coefficient (Wildman–Crippen LogP) is 5.94. The van der Waals surface area contributed by atoms with Gasteiger partial charge in [-0.15, -0.1) is 0 Å². The lowest BCUT2D eigenvalue weighted by molar-refractivity contribution is -0.120. The number of alkyl halides is 1. The van der Waals surface area contributed by atoms with Gasteiger partial charge in [0.25, 0.3) is 11.5 Å². The number of likely N-dealkylation sites (tertiary alicyclic amines) is 2. The average Bonchev–Trinajstić information content (AvgIpc) is 3.19. The summed E-state index contributed by atoms with van der Waals surface area (Å²) in [6.07, 6.45) is 5.50. The van der Waals surface area contributed by atoms with E-state index >= 15 is 13.2 Å². The number of amides is 4. The Bertz CT molecular complexity index is 2170. The molecule has 7 rings (SSSR count). The van der Waals surface area contributed by atoms with Crippen LogP contribution in [0.25, 0.3) is 21.9 Å². The van der Waals surface area contributed by atoms with Crippen LogP contribution in [0, 0.1) is 17.6 Å². The largest absolute Gasteiger partial charge is 0.495 e. The first-order chi connectivity index (χ1) is 27.0. The van der Waals surface area contributed by atoms with Crippen LogP contribution in [0.1, 0.15) is 55.8 Å². The molecule has 5 heterocycles. The summed E-state index contributed by atoms with van der Waals surface area (Å²) >= 11 is 0. The molecule has 2 aromatic heterocycles. The highest BCUT2D eigenvalue weighted by molar-refractivity contribution is 6.07. The van der Waals surface area contributed by atoms with E-state index < -0.39 is 35.7 Å². The highest BCUT2D eigenvalue weighted by Gasteiger charge is 2.35. The lowest BCUT2D eigenvalue weighted by atomic mass is 9.94. The summed E-state index contributed by atoms with van der Waals surface area (Å²) in [5.74, 6) is -2.46. The zero-order chi connectivity index (χ0) is 39.5. The standard InChI is InChI=1S/C41H45F3N6O6/c1-3-4-13-49-23-30(28-7-12-45-21-29(28)40(49)53)27-18-31(42)38(32(43)19-27)56-35-10-14-47(24-33(35)44)22-25-8-15-48(16-9-25)39(52)26-5-6-36(55-2)34(20-26)50-17-11-37(51)46-41(50)54/h5-7,12,18-21,23,25,33,35H,3-4,8-11,13-17,22,24H2,1-2H3,(H,46,51,54). The normalized spacial score (nSPS) is 19.7. The number of rotatable bonds is 11. The summed E-state index contributed by atoms with van der Waals surface area (Å²) in [7, 11) is 1.47. The number of carbonyl (C=O) groups is 3. The van der Waals surface area contributed by atoms with Crippen LogP contribution >= 0.6 is 0 Å². The summed E-state index contributed by atoms with van der Waals surface area (Å²) in [4.78, 5) is 59.9. The zero-order valence-electron chi connectivity index (χ0n) is 31.4. The van der Waals surface area contributed by atoms with Crippen molar-refractivity contribution < 1.29 is 37.0 Å². The number of anilines is 1. The first-order valence-corrected chi connectivity index (χ1v) is 19.1. The molecular weight excluding hydrogens is 729 g/mol. The smallest absolute Gasteiger partial charge is 0.328 e. The third-order valence-electron chi connectivity index (χ3n) is 11.0. The highest BCUT2D eigenvalue weighted by atomic mass is 19.1. The van der Waals surface area contributed by atoms with Gasteiger partial charge in [-0.25, -0.2) is 18.0 Å². The Hall–Kier alpha value is -5.44. The van der Waals surface area contributed by atoms with Gasteiger partial charge in [-0.2, -0.15) is 0 Å². The van der Waals surface area contributed by atoms with Gasteiger partial charge in [0.1, 0.15) is 18.0 Å². The molecule has 3 saturated heterocycles. The number of benzene rings is 2. The maximum Gasteiger partial charge on any atom is 0.328 e. The summed E-state index contributed by atoms with van der Waals surface area (Å²) in [6, 6.07) is 8.28. The number of fused-ring (bicyclic) bond motifs is 1. The first kappa shape index (κ1) is 38.8. The molecule has 296 valence electrons. The molecule has 2 atom stereocenters. The van der Waals surface area contributed by atoms with Crippen LogP contribution in [0.4, 0.5) is 23.7 Å². The topological polar surface area (TPSA) is 126 Å². The van der Waals surface area contributed by atoms with Crippen LogP contribution in [0.5, 0.6) is 11.5 Å². The number of pyridine rings is 2. The molecule has 4 aromatic rings. The number of unbranched alkanes of at least 4 members (excludes halogenated alkanes) is 1. The fourth-order valence-electron chi connectivity index (χ4n) is 7.88. The second-order valence-corrected chi connectivity index (χ2v) is 14.7. The van der Waals surface area contributed by atoms with E-state index in [1.54, 1.807) is 35.4 Å². The Kier molecular flexibility index (Phi) is 11.6. The van der Waals surface area contributed by atoms with Crippen molar-refractivity contribution in [1.29, 1.82) is 0 Å². The number of aromatic nitrogens is 2. The highest BCUT2D eigenvalue weighted by Crippen LogP contribution is 2.35.